The van der Waals surface area contributed by atoms with Gasteiger partial charge in [-0.25, -0.2) is 0 Å². The standard InChI is InChI=1S/C11H16O/c1-3-7-10-8-5-6-9-11(10,12)4-2/h1,4,10,12H,2,5-9H2/t10-,11+/m0/s1. The Kier molecular flexibility index (Phi) is 2.94. The van der Waals surface area contributed by atoms with Gasteiger partial charge in [-0.3, -0.25) is 0 Å². The second-order valence-corrected chi connectivity index (χ2v) is 3.55. The summed E-state index contributed by atoms with van der Waals surface area (Å²) in [5.74, 6) is 2.85. The molecule has 1 aliphatic carbocycles. The number of aliphatic hydroxyl groups is 1. The molecule has 1 nitrogen and oxygen atoms in total. The molecule has 0 aliphatic heterocycles. The summed E-state index contributed by atoms with van der Waals surface area (Å²) in [6, 6.07) is 0. The van der Waals surface area contributed by atoms with Crippen LogP contribution in [-0.2, 0) is 0 Å². The summed E-state index contributed by atoms with van der Waals surface area (Å²) in [5, 5.41) is 10.1. The summed E-state index contributed by atoms with van der Waals surface area (Å²) in [4.78, 5) is 0. The third kappa shape index (κ3) is 1.70. The quantitative estimate of drug-likeness (QED) is 0.489. The van der Waals surface area contributed by atoms with Crippen LogP contribution < -0.4 is 0 Å². The zero-order valence-corrected chi connectivity index (χ0v) is 7.42. The number of rotatable bonds is 2. The predicted octanol–water partition coefficient (Wildman–Crippen LogP) is 2.12. The average Bonchev–Trinajstić information content (AvgIpc) is 2.10. The lowest BCUT2D eigenvalue weighted by atomic mass is 9.74. The fourth-order valence-corrected chi connectivity index (χ4v) is 1.94. The number of hydrogen-bond acceptors (Lipinski definition) is 1. The van der Waals surface area contributed by atoms with Crippen molar-refractivity contribution in [2.75, 3.05) is 0 Å². The van der Waals surface area contributed by atoms with E-state index in [0.29, 0.717) is 6.42 Å². The highest BCUT2D eigenvalue weighted by Gasteiger charge is 2.35. The van der Waals surface area contributed by atoms with Gasteiger partial charge in [0.05, 0.1) is 5.60 Å². The van der Waals surface area contributed by atoms with Gasteiger partial charge in [0, 0.05) is 12.3 Å². The molecular weight excluding hydrogens is 148 g/mol. The van der Waals surface area contributed by atoms with Crippen LogP contribution in [0, 0.1) is 18.3 Å². The monoisotopic (exact) mass is 164 g/mol. The zero-order valence-electron chi connectivity index (χ0n) is 7.42. The summed E-state index contributed by atoms with van der Waals surface area (Å²) in [6.07, 6.45) is 11.7. The van der Waals surface area contributed by atoms with Gasteiger partial charge in [-0.05, 0) is 12.8 Å². The molecular formula is C11H16O. The third-order valence-corrected chi connectivity index (χ3v) is 2.80. The van der Waals surface area contributed by atoms with Gasteiger partial charge in [0.1, 0.15) is 0 Å². The van der Waals surface area contributed by atoms with Gasteiger partial charge in [0.15, 0.2) is 0 Å². The largest absolute Gasteiger partial charge is 0.385 e. The van der Waals surface area contributed by atoms with E-state index >= 15 is 0 Å². The van der Waals surface area contributed by atoms with E-state index in [1.54, 1.807) is 6.08 Å². The second kappa shape index (κ2) is 3.78. The summed E-state index contributed by atoms with van der Waals surface area (Å²) >= 11 is 0. The molecule has 66 valence electrons. The van der Waals surface area contributed by atoms with E-state index in [9.17, 15) is 5.11 Å². The van der Waals surface area contributed by atoms with Gasteiger partial charge in [-0.1, -0.05) is 18.9 Å². The van der Waals surface area contributed by atoms with Gasteiger partial charge in [0.2, 0.25) is 0 Å². The Labute approximate surface area is 74.5 Å². The van der Waals surface area contributed by atoms with Crippen molar-refractivity contribution in [3.63, 3.8) is 0 Å². The molecule has 1 aliphatic rings. The maximum atomic E-state index is 10.1. The minimum Gasteiger partial charge on any atom is -0.385 e. The molecule has 1 N–H and O–H groups in total. The first kappa shape index (κ1) is 9.35. The minimum absolute atomic E-state index is 0.230. The number of hydrogen-bond donors (Lipinski definition) is 1. The molecule has 12 heavy (non-hydrogen) atoms. The van der Waals surface area contributed by atoms with Crippen LogP contribution in [0.4, 0.5) is 0 Å². The lowest BCUT2D eigenvalue weighted by Gasteiger charge is -2.36. The molecule has 0 heterocycles. The molecule has 2 atom stereocenters. The van der Waals surface area contributed by atoms with Gasteiger partial charge in [-0.15, -0.1) is 18.9 Å². The summed E-state index contributed by atoms with van der Waals surface area (Å²) in [7, 11) is 0. The van der Waals surface area contributed by atoms with E-state index in [2.05, 4.69) is 12.5 Å². The highest BCUT2D eigenvalue weighted by molar-refractivity contribution is 5.05. The Hall–Kier alpha value is -0.740. The van der Waals surface area contributed by atoms with E-state index < -0.39 is 5.60 Å². The van der Waals surface area contributed by atoms with Gasteiger partial charge in [-0.2, -0.15) is 0 Å². The first-order chi connectivity index (χ1) is 5.73. The van der Waals surface area contributed by atoms with Crippen LogP contribution in [0.1, 0.15) is 32.1 Å². The molecule has 0 saturated heterocycles. The molecule has 1 rings (SSSR count). The molecule has 0 bridgehead atoms. The van der Waals surface area contributed by atoms with Crippen molar-refractivity contribution in [1.82, 2.24) is 0 Å². The van der Waals surface area contributed by atoms with Crippen LogP contribution in [0.3, 0.4) is 0 Å². The van der Waals surface area contributed by atoms with Crippen molar-refractivity contribution in [3.8, 4) is 12.3 Å². The van der Waals surface area contributed by atoms with E-state index in [4.69, 9.17) is 6.42 Å². The Bertz CT molecular complexity index is 202. The zero-order chi connectivity index (χ0) is 9.03. The average molecular weight is 164 g/mol. The molecule has 0 unspecified atom stereocenters. The summed E-state index contributed by atoms with van der Waals surface area (Å²) in [5.41, 5.74) is -0.690. The molecule has 0 amide bonds. The van der Waals surface area contributed by atoms with Crippen molar-refractivity contribution >= 4 is 0 Å². The predicted molar refractivity (Wildman–Crippen MR) is 50.6 cm³/mol. The Morgan fingerprint density at radius 2 is 2.42 bits per heavy atom. The minimum atomic E-state index is -0.690. The molecule has 0 aromatic heterocycles. The highest BCUT2D eigenvalue weighted by Crippen LogP contribution is 2.36. The number of terminal acetylenes is 1. The maximum Gasteiger partial charge on any atom is 0.0862 e. The molecule has 0 radical (unpaired) electrons. The smallest absolute Gasteiger partial charge is 0.0862 e. The molecule has 1 saturated carbocycles. The summed E-state index contributed by atoms with van der Waals surface area (Å²) in [6.45, 7) is 3.67. The second-order valence-electron chi connectivity index (χ2n) is 3.55. The first-order valence-electron chi connectivity index (χ1n) is 4.52. The SMILES string of the molecule is C#CC[C@H]1CCCC[C@]1(O)C=C. The molecule has 1 heteroatoms. The van der Waals surface area contributed by atoms with Crippen LogP contribution in [0.5, 0.6) is 0 Å². The highest BCUT2D eigenvalue weighted by atomic mass is 16.3. The Balaban J connectivity index is 2.67. The van der Waals surface area contributed by atoms with Crippen LogP contribution in [-0.4, -0.2) is 10.7 Å². The van der Waals surface area contributed by atoms with E-state index in [1.165, 1.54) is 6.42 Å². The Morgan fingerprint density at radius 1 is 1.67 bits per heavy atom. The van der Waals surface area contributed by atoms with Crippen molar-refractivity contribution in [3.05, 3.63) is 12.7 Å². The van der Waals surface area contributed by atoms with E-state index in [1.807, 2.05) is 0 Å². The fraction of sp³-hybridized carbons (Fsp3) is 0.636. The lowest BCUT2D eigenvalue weighted by molar-refractivity contribution is -0.00218. The normalized spacial score (nSPS) is 35.5. The van der Waals surface area contributed by atoms with Crippen molar-refractivity contribution in [1.29, 1.82) is 0 Å². The van der Waals surface area contributed by atoms with Gasteiger partial charge in [0.25, 0.3) is 0 Å². The van der Waals surface area contributed by atoms with Gasteiger partial charge >= 0.3 is 0 Å². The first-order valence-corrected chi connectivity index (χ1v) is 4.52. The molecule has 0 aromatic rings. The van der Waals surface area contributed by atoms with Crippen molar-refractivity contribution in [2.24, 2.45) is 5.92 Å². The third-order valence-electron chi connectivity index (χ3n) is 2.80. The fourth-order valence-electron chi connectivity index (χ4n) is 1.94. The topological polar surface area (TPSA) is 20.2 Å². The van der Waals surface area contributed by atoms with Crippen LogP contribution in [0.15, 0.2) is 12.7 Å². The molecule has 1 fully saturated rings. The lowest BCUT2D eigenvalue weighted by Crippen LogP contribution is -2.38. The van der Waals surface area contributed by atoms with Crippen LogP contribution >= 0.6 is 0 Å². The Morgan fingerprint density at radius 3 is 3.00 bits per heavy atom. The van der Waals surface area contributed by atoms with Crippen molar-refractivity contribution < 1.29 is 5.11 Å². The van der Waals surface area contributed by atoms with Crippen LogP contribution in [0.25, 0.3) is 0 Å². The van der Waals surface area contributed by atoms with Gasteiger partial charge < -0.3 is 5.11 Å². The molecule has 0 aromatic carbocycles. The summed E-state index contributed by atoms with van der Waals surface area (Å²) < 4.78 is 0. The van der Waals surface area contributed by atoms with E-state index in [-0.39, 0.29) is 5.92 Å². The maximum absolute atomic E-state index is 10.1. The molecule has 0 spiro atoms. The van der Waals surface area contributed by atoms with Crippen molar-refractivity contribution in [2.45, 2.75) is 37.7 Å². The van der Waals surface area contributed by atoms with E-state index in [0.717, 1.165) is 19.3 Å². The van der Waals surface area contributed by atoms with Crippen LogP contribution in [0.2, 0.25) is 0 Å².